The van der Waals surface area contributed by atoms with Gasteiger partial charge >= 0.3 is 12.3 Å². The Balaban J connectivity index is 2.29. The van der Waals surface area contributed by atoms with Gasteiger partial charge in [0.25, 0.3) is 0 Å². The Morgan fingerprint density at radius 3 is 2.25 bits per heavy atom. The highest BCUT2D eigenvalue weighted by atomic mass is 19.4. The molecule has 1 aromatic rings. The number of benzene rings is 1. The lowest BCUT2D eigenvalue weighted by Gasteiger charge is -2.45. The number of aliphatic hydroxyl groups is 2. The number of halogens is 3. The number of rotatable bonds is 3. The summed E-state index contributed by atoms with van der Waals surface area (Å²) in [5.41, 5.74) is -3.28. The van der Waals surface area contributed by atoms with Crippen molar-refractivity contribution in [1.29, 1.82) is 0 Å². The topological polar surface area (TPSA) is 78.8 Å². The fourth-order valence-electron chi connectivity index (χ4n) is 2.70. The van der Waals surface area contributed by atoms with Gasteiger partial charge in [0.1, 0.15) is 18.3 Å². The van der Waals surface area contributed by atoms with Crippen molar-refractivity contribution in [2.24, 2.45) is 5.41 Å². The van der Waals surface area contributed by atoms with Gasteiger partial charge in [0.15, 0.2) is 0 Å². The van der Waals surface area contributed by atoms with Crippen molar-refractivity contribution in [2.75, 3.05) is 6.61 Å². The van der Waals surface area contributed by atoms with Crippen LogP contribution < -0.4 is 5.32 Å². The van der Waals surface area contributed by atoms with Crippen LogP contribution in [0.5, 0.6) is 0 Å². The zero-order valence-electron chi connectivity index (χ0n) is 13.5. The summed E-state index contributed by atoms with van der Waals surface area (Å²) in [5, 5.41) is 23.8. The van der Waals surface area contributed by atoms with Gasteiger partial charge in [-0.15, -0.1) is 0 Å². The van der Waals surface area contributed by atoms with E-state index in [-0.39, 0.29) is 12.2 Å². The quantitative estimate of drug-likeness (QED) is 0.785. The third-order valence-corrected chi connectivity index (χ3v) is 4.38. The zero-order valence-corrected chi connectivity index (χ0v) is 13.5. The van der Waals surface area contributed by atoms with Gasteiger partial charge in [-0.3, -0.25) is 0 Å². The number of aliphatic hydroxyl groups excluding tert-OH is 1. The molecular weight excluding hydrogens is 327 g/mol. The Morgan fingerprint density at radius 2 is 1.75 bits per heavy atom. The van der Waals surface area contributed by atoms with Crippen LogP contribution in [0.1, 0.15) is 31.9 Å². The summed E-state index contributed by atoms with van der Waals surface area (Å²) < 4.78 is 42.8. The van der Waals surface area contributed by atoms with E-state index in [0.29, 0.717) is 0 Å². The summed E-state index contributed by atoms with van der Waals surface area (Å²) in [6, 6.07) is 3.06. The highest BCUT2D eigenvalue weighted by Crippen LogP contribution is 2.36. The number of ether oxygens (including phenoxy) is 1. The van der Waals surface area contributed by atoms with E-state index < -0.39 is 41.0 Å². The van der Waals surface area contributed by atoms with Crippen molar-refractivity contribution in [2.45, 2.75) is 44.7 Å². The van der Waals surface area contributed by atoms with Gasteiger partial charge in [-0.1, -0.05) is 26.0 Å². The normalized spacial score (nSPS) is 24.5. The standard InChI is InChI=1S/C16H20F3NO4/c1-14(2)8-24-13(22)20-11(14)12(21)15(3,23)9-4-6-10(7-5-9)16(17,18)19/h4-7,11-12,21,23H,8H2,1-3H3,(H,20,22)/t11-,12+,15+/m0/s1. The van der Waals surface area contributed by atoms with E-state index in [4.69, 9.17) is 4.74 Å². The third kappa shape index (κ3) is 3.49. The molecule has 3 N–H and O–H groups in total. The molecule has 24 heavy (non-hydrogen) atoms. The minimum atomic E-state index is -4.49. The van der Waals surface area contributed by atoms with Crippen LogP contribution in [0.15, 0.2) is 24.3 Å². The lowest BCUT2D eigenvalue weighted by molar-refractivity contribution is -0.137. The molecule has 0 spiro atoms. The largest absolute Gasteiger partial charge is 0.449 e. The number of nitrogens with one attached hydrogen (secondary N) is 1. The molecule has 1 fully saturated rings. The number of hydrogen-bond donors (Lipinski definition) is 3. The van der Waals surface area contributed by atoms with E-state index in [1.54, 1.807) is 13.8 Å². The maximum Gasteiger partial charge on any atom is 0.416 e. The predicted octanol–water partition coefficient (Wildman–Crippen LogP) is 2.41. The molecule has 1 saturated heterocycles. The monoisotopic (exact) mass is 347 g/mol. The molecule has 1 heterocycles. The minimum absolute atomic E-state index is 0.0453. The van der Waals surface area contributed by atoms with Crippen LogP contribution in [-0.2, 0) is 16.5 Å². The van der Waals surface area contributed by atoms with E-state index >= 15 is 0 Å². The lowest BCUT2D eigenvalue weighted by Crippen LogP contribution is -2.62. The Kier molecular flexibility index (Phi) is 4.58. The molecule has 1 aliphatic heterocycles. The molecule has 8 heteroatoms. The Bertz CT molecular complexity index is 611. The summed E-state index contributed by atoms with van der Waals surface area (Å²) in [4.78, 5) is 11.4. The second kappa shape index (κ2) is 5.93. The number of carbonyl (C=O) groups is 1. The van der Waals surface area contributed by atoms with E-state index in [9.17, 15) is 28.2 Å². The summed E-state index contributed by atoms with van der Waals surface area (Å²) in [7, 11) is 0. The Morgan fingerprint density at radius 1 is 1.25 bits per heavy atom. The average molecular weight is 347 g/mol. The van der Waals surface area contributed by atoms with Crippen LogP contribution in [0.2, 0.25) is 0 Å². The molecule has 0 saturated carbocycles. The molecule has 1 aromatic carbocycles. The van der Waals surface area contributed by atoms with Crippen LogP contribution in [-0.4, -0.2) is 35.1 Å². The molecular formula is C16H20F3NO4. The fourth-order valence-corrected chi connectivity index (χ4v) is 2.70. The molecule has 3 atom stereocenters. The maximum absolute atomic E-state index is 12.6. The molecule has 0 radical (unpaired) electrons. The summed E-state index contributed by atoms with van der Waals surface area (Å²) >= 11 is 0. The predicted molar refractivity (Wildman–Crippen MR) is 79.1 cm³/mol. The van der Waals surface area contributed by atoms with Gasteiger partial charge in [0, 0.05) is 5.41 Å². The van der Waals surface area contributed by atoms with Gasteiger partial charge < -0.3 is 20.3 Å². The van der Waals surface area contributed by atoms with Crippen molar-refractivity contribution < 1.29 is 32.9 Å². The summed E-state index contributed by atoms with van der Waals surface area (Å²) in [6.45, 7) is 4.81. The molecule has 1 aliphatic rings. The zero-order chi connectivity index (χ0) is 18.3. The lowest BCUT2D eigenvalue weighted by atomic mass is 9.74. The minimum Gasteiger partial charge on any atom is -0.449 e. The first-order valence-electron chi connectivity index (χ1n) is 7.37. The number of cyclic esters (lactones) is 1. The number of hydrogen-bond acceptors (Lipinski definition) is 4. The van der Waals surface area contributed by atoms with E-state index in [0.717, 1.165) is 24.3 Å². The van der Waals surface area contributed by atoms with Gasteiger partial charge in [-0.2, -0.15) is 13.2 Å². The van der Waals surface area contributed by atoms with E-state index in [2.05, 4.69) is 5.32 Å². The average Bonchev–Trinajstić information content (AvgIpc) is 2.48. The van der Waals surface area contributed by atoms with Crippen LogP contribution >= 0.6 is 0 Å². The van der Waals surface area contributed by atoms with Crippen LogP contribution in [0, 0.1) is 5.41 Å². The van der Waals surface area contributed by atoms with E-state index in [1.165, 1.54) is 6.92 Å². The Labute approximate surface area is 137 Å². The van der Waals surface area contributed by atoms with Crippen molar-refractivity contribution in [3.05, 3.63) is 35.4 Å². The number of carbonyl (C=O) groups excluding carboxylic acids is 1. The summed E-state index contributed by atoms with van der Waals surface area (Å²) in [6.07, 6.45) is -6.65. The first-order chi connectivity index (χ1) is 10.9. The molecule has 2 rings (SSSR count). The van der Waals surface area contributed by atoms with Crippen LogP contribution in [0.4, 0.5) is 18.0 Å². The van der Waals surface area contributed by atoms with Gasteiger partial charge in [-0.25, -0.2) is 4.79 Å². The van der Waals surface area contributed by atoms with Gasteiger partial charge in [-0.05, 0) is 24.6 Å². The molecule has 5 nitrogen and oxygen atoms in total. The smallest absolute Gasteiger partial charge is 0.416 e. The fraction of sp³-hybridized carbons (Fsp3) is 0.562. The molecule has 0 bridgehead atoms. The highest BCUT2D eigenvalue weighted by molar-refractivity contribution is 5.68. The molecule has 0 aromatic heterocycles. The first kappa shape index (κ1) is 18.5. The highest BCUT2D eigenvalue weighted by Gasteiger charge is 2.48. The van der Waals surface area contributed by atoms with Crippen LogP contribution in [0.25, 0.3) is 0 Å². The Hall–Kier alpha value is -1.80. The summed E-state index contributed by atoms with van der Waals surface area (Å²) in [5.74, 6) is 0. The molecule has 134 valence electrons. The molecule has 1 amide bonds. The molecule has 0 aliphatic carbocycles. The second-order valence-corrected chi connectivity index (χ2v) is 6.85. The van der Waals surface area contributed by atoms with Crippen molar-refractivity contribution >= 4 is 6.09 Å². The number of alkyl halides is 3. The van der Waals surface area contributed by atoms with Gasteiger partial charge in [0.2, 0.25) is 0 Å². The maximum atomic E-state index is 12.6. The number of alkyl carbamates (subject to hydrolysis) is 1. The van der Waals surface area contributed by atoms with Crippen LogP contribution in [0.3, 0.4) is 0 Å². The van der Waals surface area contributed by atoms with E-state index in [1.807, 2.05) is 0 Å². The second-order valence-electron chi connectivity index (χ2n) is 6.85. The molecule has 0 unspecified atom stereocenters. The SMILES string of the molecule is CC1(C)COC(=O)N[C@H]1[C@@H](O)[C@](C)(O)c1ccc(C(F)(F)F)cc1. The third-order valence-electron chi connectivity index (χ3n) is 4.38. The van der Waals surface area contributed by atoms with Gasteiger partial charge in [0.05, 0.1) is 11.6 Å². The first-order valence-corrected chi connectivity index (χ1v) is 7.37. The van der Waals surface area contributed by atoms with Crippen molar-refractivity contribution in [3.63, 3.8) is 0 Å². The van der Waals surface area contributed by atoms with Crippen molar-refractivity contribution in [3.8, 4) is 0 Å². The van der Waals surface area contributed by atoms with Crippen molar-refractivity contribution in [1.82, 2.24) is 5.32 Å². The number of amides is 1.